The standard InChI is InChI=1S/C11H23N5O2/c1-2-4-9(12)10(18)16-8(7-17)5-3-6-15-11(13)14/h7-9H,2-6,12H2,1H3,(H,16,18)(H4,13,14,15)/t8-,9-/m0/s1. The van der Waals surface area contributed by atoms with Crippen LogP contribution in [0.2, 0.25) is 0 Å². The normalized spacial score (nSPS) is 13.4. The van der Waals surface area contributed by atoms with Crippen LogP contribution in [-0.4, -0.2) is 36.8 Å². The largest absolute Gasteiger partial charge is 0.370 e. The molecule has 0 aliphatic heterocycles. The Morgan fingerprint density at radius 2 is 2.06 bits per heavy atom. The predicted octanol–water partition coefficient (Wildman–Crippen LogP) is -1.15. The molecule has 0 aliphatic carbocycles. The summed E-state index contributed by atoms with van der Waals surface area (Å²) in [6, 6.07) is -1.09. The van der Waals surface area contributed by atoms with Crippen LogP contribution in [0.4, 0.5) is 0 Å². The number of carbonyl (C=O) groups excluding carboxylic acids is 2. The summed E-state index contributed by atoms with van der Waals surface area (Å²) in [5.41, 5.74) is 16.0. The van der Waals surface area contributed by atoms with Crippen molar-refractivity contribution in [3.8, 4) is 0 Å². The number of nitrogens with one attached hydrogen (secondary N) is 1. The molecule has 0 aliphatic rings. The lowest BCUT2D eigenvalue weighted by Crippen LogP contribution is -2.46. The Bertz CT molecular complexity index is 289. The molecule has 104 valence electrons. The lowest BCUT2D eigenvalue weighted by Gasteiger charge is -2.15. The van der Waals surface area contributed by atoms with Crippen LogP contribution >= 0.6 is 0 Å². The Hall–Kier alpha value is -1.63. The van der Waals surface area contributed by atoms with Gasteiger partial charge in [-0.1, -0.05) is 13.3 Å². The highest BCUT2D eigenvalue weighted by Crippen LogP contribution is 1.98. The first-order valence-corrected chi connectivity index (χ1v) is 6.07. The fourth-order valence-corrected chi connectivity index (χ4v) is 1.43. The van der Waals surface area contributed by atoms with Crippen LogP contribution in [-0.2, 0) is 9.59 Å². The molecule has 0 aromatic heterocycles. The van der Waals surface area contributed by atoms with E-state index in [-0.39, 0.29) is 11.9 Å². The molecule has 0 saturated carbocycles. The Balaban J connectivity index is 3.99. The maximum absolute atomic E-state index is 11.6. The van der Waals surface area contributed by atoms with Gasteiger partial charge >= 0.3 is 0 Å². The van der Waals surface area contributed by atoms with Crippen LogP contribution in [0.3, 0.4) is 0 Å². The van der Waals surface area contributed by atoms with Gasteiger partial charge in [-0.15, -0.1) is 0 Å². The summed E-state index contributed by atoms with van der Waals surface area (Å²) in [5.74, 6) is -0.276. The summed E-state index contributed by atoms with van der Waals surface area (Å²) in [7, 11) is 0. The first kappa shape index (κ1) is 16.4. The van der Waals surface area contributed by atoms with Crippen LogP contribution in [0.5, 0.6) is 0 Å². The second kappa shape index (κ2) is 9.41. The van der Waals surface area contributed by atoms with Crippen molar-refractivity contribution in [1.82, 2.24) is 5.32 Å². The number of nitrogens with zero attached hydrogens (tertiary/aromatic N) is 1. The monoisotopic (exact) mass is 257 g/mol. The minimum atomic E-state index is -0.560. The topological polar surface area (TPSA) is 137 Å². The van der Waals surface area contributed by atoms with Crippen molar-refractivity contribution in [3.63, 3.8) is 0 Å². The zero-order chi connectivity index (χ0) is 14.0. The van der Waals surface area contributed by atoms with Gasteiger partial charge in [-0.3, -0.25) is 9.79 Å². The molecule has 0 unspecified atom stereocenters. The average Bonchev–Trinajstić information content (AvgIpc) is 2.32. The lowest BCUT2D eigenvalue weighted by atomic mass is 10.1. The highest BCUT2D eigenvalue weighted by molar-refractivity contribution is 5.84. The van der Waals surface area contributed by atoms with E-state index < -0.39 is 12.1 Å². The van der Waals surface area contributed by atoms with Crippen molar-refractivity contribution in [2.75, 3.05) is 6.54 Å². The number of hydrogen-bond donors (Lipinski definition) is 4. The number of aldehydes is 1. The maximum Gasteiger partial charge on any atom is 0.237 e. The molecule has 0 spiro atoms. The number of carbonyl (C=O) groups is 2. The highest BCUT2D eigenvalue weighted by Gasteiger charge is 2.16. The third-order valence-corrected chi connectivity index (χ3v) is 2.40. The summed E-state index contributed by atoms with van der Waals surface area (Å²) in [6.45, 7) is 2.38. The van der Waals surface area contributed by atoms with Gasteiger partial charge in [0, 0.05) is 6.54 Å². The van der Waals surface area contributed by atoms with E-state index in [1.165, 1.54) is 0 Å². The molecule has 0 saturated heterocycles. The molecule has 0 heterocycles. The van der Waals surface area contributed by atoms with Crippen LogP contribution in [0, 0.1) is 0 Å². The van der Waals surface area contributed by atoms with Crippen molar-refractivity contribution in [1.29, 1.82) is 0 Å². The first-order chi connectivity index (χ1) is 8.51. The molecule has 7 N–H and O–H groups in total. The van der Waals surface area contributed by atoms with Gasteiger partial charge in [0.15, 0.2) is 5.96 Å². The second-order valence-electron chi connectivity index (χ2n) is 4.10. The Kier molecular flexibility index (Phi) is 8.55. The van der Waals surface area contributed by atoms with E-state index in [1.54, 1.807) is 0 Å². The van der Waals surface area contributed by atoms with Gasteiger partial charge < -0.3 is 27.3 Å². The number of rotatable bonds is 9. The van der Waals surface area contributed by atoms with E-state index in [0.717, 1.165) is 6.42 Å². The second-order valence-corrected chi connectivity index (χ2v) is 4.10. The van der Waals surface area contributed by atoms with E-state index in [9.17, 15) is 9.59 Å². The minimum absolute atomic E-state index is 0.0201. The minimum Gasteiger partial charge on any atom is -0.370 e. The summed E-state index contributed by atoms with van der Waals surface area (Å²) in [5, 5.41) is 2.60. The zero-order valence-corrected chi connectivity index (χ0v) is 10.8. The first-order valence-electron chi connectivity index (χ1n) is 6.07. The molecule has 0 bridgehead atoms. The summed E-state index contributed by atoms with van der Waals surface area (Å²) < 4.78 is 0. The molecule has 0 radical (unpaired) electrons. The van der Waals surface area contributed by atoms with Gasteiger partial charge in [0.05, 0.1) is 12.1 Å². The number of aliphatic imine (C=N–C) groups is 1. The van der Waals surface area contributed by atoms with Gasteiger partial charge in [0.1, 0.15) is 6.29 Å². The van der Waals surface area contributed by atoms with Crippen molar-refractivity contribution in [2.24, 2.45) is 22.2 Å². The Morgan fingerprint density at radius 1 is 1.39 bits per heavy atom. The number of hydrogen-bond acceptors (Lipinski definition) is 4. The molecule has 7 heteroatoms. The fourth-order valence-electron chi connectivity index (χ4n) is 1.43. The number of amides is 1. The Morgan fingerprint density at radius 3 is 2.56 bits per heavy atom. The third kappa shape index (κ3) is 7.61. The molecule has 18 heavy (non-hydrogen) atoms. The molecule has 7 nitrogen and oxygen atoms in total. The molecule has 0 aromatic rings. The maximum atomic E-state index is 11.6. The van der Waals surface area contributed by atoms with Gasteiger partial charge in [0.25, 0.3) is 0 Å². The van der Waals surface area contributed by atoms with E-state index >= 15 is 0 Å². The number of guanidine groups is 1. The predicted molar refractivity (Wildman–Crippen MR) is 70.8 cm³/mol. The van der Waals surface area contributed by atoms with Crippen molar-refractivity contribution in [3.05, 3.63) is 0 Å². The quantitative estimate of drug-likeness (QED) is 0.179. The van der Waals surface area contributed by atoms with Gasteiger partial charge in [0.2, 0.25) is 5.91 Å². The number of nitrogens with two attached hydrogens (primary N) is 3. The average molecular weight is 257 g/mol. The molecule has 1 amide bonds. The molecule has 0 aromatic carbocycles. The van der Waals surface area contributed by atoms with E-state index in [1.807, 2.05) is 6.92 Å². The molecule has 0 fully saturated rings. The SMILES string of the molecule is CCC[C@H](N)C(=O)N[C@H](C=O)CCCN=C(N)N. The van der Waals surface area contributed by atoms with E-state index in [0.29, 0.717) is 32.1 Å². The van der Waals surface area contributed by atoms with Crippen LogP contribution in [0.1, 0.15) is 32.6 Å². The van der Waals surface area contributed by atoms with Crippen molar-refractivity contribution < 1.29 is 9.59 Å². The van der Waals surface area contributed by atoms with Gasteiger partial charge in [-0.2, -0.15) is 0 Å². The highest BCUT2D eigenvalue weighted by atomic mass is 16.2. The molecular weight excluding hydrogens is 234 g/mol. The molecule has 2 atom stereocenters. The Labute approximate surface area is 107 Å². The lowest BCUT2D eigenvalue weighted by molar-refractivity contribution is -0.125. The zero-order valence-electron chi connectivity index (χ0n) is 10.8. The van der Waals surface area contributed by atoms with E-state index in [4.69, 9.17) is 17.2 Å². The summed E-state index contributed by atoms with van der Waals surface area (Å²) in [6.07, 6.45) is 3.23. The summed E-state index contributed by atoms with van der Waals surface area (Å²) >= 11 is 0. The smallest absolute Gasteiger partial charge is 0.237 e. The third-order valence-electron chi connectivity index (χ3n) is 2.40. The molecule has 0 rings (SSSR count). The van der Waals surface area contributed by atoms with Crippen molar-refractivity contribution in [2.45, 2.75) is 44.7 Å². The van der Waals surface area contributed by atoms with Gasteiger partial charge in [-0.05, 0) is 19.3 Å². The van der Waals surface area contributed by atoms with E-state index in [2.05, 4.69) is 10.3 Å². The van der Waals surface area contributed by atoms with Crippen molar-refractivity contribution >= 4 is 18.2 Å². The van der Waals surface area contributed by atoms with Crippen LogP contribution in [0.15, 0.2) is 4.99 Å². The fraction of sp³-hybridized carbons (Fsp3) is 0.727. The van der Waals surface area contributed by atoms with Gasteiger partial charge in [-0.25, -0.2) is 0 Å². The van der Waals surface area contributed by atoms with Crippen LogP contribution < -0.4 is 22.5 Å². The van der Waals surface area contributed by atoms with Crippen LogP contribution in [0.25, 0.3) is 0 Å². The summed E-state index contributed by atoms with van der Waals surface area (Å²) in [4.78, 5) is 26.2. The molecular formula is C11H23N5O2.